The molecule has 0 bridgehead atoms. The van der Waals surface area contributed by atoms with Crippen LogP contribution in [0.15, 0.2) is 52.8 Å². The standard InChI is InChI=1S/C15H20N4S/c1-19(2)13(14-9-6-10-20-14)11-17-15(16)18-12-7-4-3-5-8-12/h3-10,13H,11H2,1-2H3,(H3,16,17,18)/t13-/m1/s1. The van der Waals surface area contributed by atoms with Crippen LogP contribution in [0.1, 0.15) is 10.9 Å². The Balaban J connectivity index is 1.99. The van der Waals surface area contributed by atoms with Crippen LogP contribution >= 0.6 is 11.3 Å². The van der Waals surface area contributed by atoms with Crippen molar-refractivity contribution in [2.75, 3.05) is 26.0 Å². The van der Waals surface area contributed by atoms with E-state index in [0.717, 1.165) is 5.69 Å². The van der Waals surface area contributed by atoms with E-state index in [9.17, 15) is 0 Å². The molecule has 0 saturated heterocycles. The molecule has 2 rings (SSSR count). The molecule has 5 heteroatoms. The molecule has 0 fully saturated rings. The fourth-order valence-corrected chi connectivity index (χ4v) is 2.80. The molecule has 106 valence electrons. The molecule has 4 nitrogen and oxygen atoms in total. The van der Waals surface area contributed by atoms with Gasteiger partial charge in [-0.15, -0.1) is 11.3 Å². The number of hydrogen-bond donors (Lipinski definition) is 2. The summed E-state index contributed by atoms with van der Waals surface area (Å²) in [5.41, 5.74) is 6.88. The maximum atomic E-state index is 5.93. The second kappa shape index (κ2) is 7.07. The van der Waals surface area contributed by atoms with E-state index >= 15 is 0 Å². The molecule has 0 aliphatic carbocycles. The molecular weight excluding hydrogens is 268 g/mol. The van der Waals surface area contributed by atoms with Crippen molar-refractivity contribution in [2.24, 2.45) is 10.7 Å². The lowest BCUT2D eigenvalue weighted by atomic mass is 10.2. The molecule has 1 aromatic carbocycles. The van der Waals surface area contributed by atoms with Crippen LogP contribution in [-0.2, 0) is 0 Å². The zero-order valence-corrected chi connectivity index (χ0v) is 12.6. The number of nitrogens with one attached hydrogen (secondary N) is 1. The molecule has 0 aliphatic rings. The summed E-state index contributed by atoms with van der Waals surface area (Å²) in [7, 11) is 4.11. The molecule has 1 aromatic heterocycles. The van der Waals surface area contributed by atoms with Crippen LogP contribution in [0.5, 0.6) is 0 Å². The fraction of sp³-hybridized carbons (Fsp3) is 0.267. The second-order valence-corrected chi connectivity index (χ2v) is 5.69. The predicted octanol–water partition coefficient (Wildman–Crippen LogP) is 2.78. The highest BCUT2D eigenvalue weighted by Crippen LogP contribution is 2.23. The number of guanidine groups is 1. The number of nitrogens with two attached hydrogens (primary N) is 1. The number of nitrogens with zero attached hydrogens (tertiary/aromatic N) is 2. The van der Waals surface area contributed by atoms with Crippen molar-refractivity contribution in [1.29, 1.82) is 0 Å². The molecular formula is C15H20N4S. The van der Waals surface area contributed by atoms with Gasteiger partial charge in [0.15, 0.2) is 5.96 Å². The Morgan fingerprint density at radius 3 is 2.60 bits per heavy atom. The summed E-state index contributed by atoms with van der Waals surface area (Å²) in [5, 5.41) is 5.18. The first-order valence-electron chi connectivity index (χ1n) is 6.48. The van der Waals surface area contributed by atoms with Gasteiger partial charge in [-0.2, -0.15) is 0 Å². The molecule has 0 radical (unpaired) electrons. The van der Waals surface area contributed by atoms with Crippen molar-refractivity contribution < 1.29 is 0 Å². The van der Waals surface area contributed by atoms with Crippen molar-refractivity contribution >= 4 is 23.0 Å². The molecule has 0 saturated carbocycles. The fourth-order valence-electron chi connectivity index (χ4n) is 1.88. The minimum absolute atomic E-state index is 0.256. The summed E-state index contributed by atoms with van der Waals surface area (Å²) in [4.78, 5) is 7.90. The van der Waals surface area contributed by atoms with Crippen LogP contribution in [0.4, 0.5) is 5.69 Å². The quantitative estimate of drug-likeness (QED) is 0.657. The van der Waals surface area contributed by atoms with Gasteiger partial charge in [0.2, 0.25) is 0 Å². The second-order valence-electron chi connectivity index (χ2n) is 4.71. The third-order valence-corrected chi connectivity index (χ3v) is 3.95. The normalized spacial score (nSPS) is 13.4. The zero-order chi connectivity index (χ0) is 14.4. The van der Waals surface area contributed by atoms with Crippen LogP contribution < -0.4 is 11.1 Å². The van der Waals surface area contributed by atoms with Gasteiger partial charge in [-0.05, 0) is 37.7 Å². The number of anilines is 1. The number of hydrogen-bond acceptors (Lipinski definition) is 3. The Labute approximate surface area is 123 Å². The molecule has 0 amide bonds. The van der Waals surface area contributed by atoms with Gasteiger partial charge < -0.3 is 16.0 Å². The zero-order valence-electron chi connectivity index (χ0n) is 11.8. The number of aliphatic imine (C=N–C) groups is 1. The first kappa shape index (κ1) is 14.6. The highest BCUT2D eigenvalue weighted by molar-refractivity contribution is 7.10. The predicted molar refractivity (Wildman–Crippen MR) is 87.3 cm³/mol. The van der Waals surface area contributed by atoms with Crippen molar-refractivity contribution in [1.82, 2.24) is 4.90 Å². The summed E-state index contributed by atoms with van der Waals surface area (Å²) in [6.07, 6.45) is 0. The highest BCUT2D eigenvalue weighted by atomic mass is 32.1. The first-order chi connectivity index (χ1) is 9.66. The Morgan fingerprint density at radius 2 is 2.00 bits per heavy atom. The summed E-state index contributed by atoms with van der Waals surface area (Å²) in [5.74, 6) is 0.444. The molecule has 0 spiro atoms. The summed E-state index contributed by atoms with van der Waals surface area (Å²) >= 11 is 1.74. The van der Waals surface area contributed by atoms with Gasteiger partial charge in [0.1, 0.15) is 0 Å². The van der Waals surface area contributed by atoms with Crippen LogP contribution in [0.2, 0.25) is 0 Å². The van der Waals surface area contributed by atoms with E-state index in [1.165, 1.54) is 4.88 Å². The number of likely N-dealkylation sites (N-methyl/N-ethyl adjacent to an activating group) is 1. The molecule has 1 atom stereocenters. The molecule has 0 aliphatic heterocycles. The van der Waals surface area contributed by atoms with Gasteiger partial charge in [-0.3, -0.25) is 4.99 Å². The van der Waals surface area contributed by atoms with Crippen LogP contribution in [0, 0.1) is 0 Å². The number of rotatable bonds is 5. The summed E-state index contributed by atoms with van der Waals surface area (Å²) in [6, 6.07) is 14.3. The maximum Gasteiger partial charge on any atom is 0.193 e. The molecule has 3 N–H and O–H groups in total. The Bertz CT molecular complexity index is 534. The van der Waals surface area contributed by atoms with E-state index in [4.69, 9.17) is 5.73 Å². The SMILES string of the molecule is CN(C)[C@H](CN=C(N)Nc1ccccc1)c1cccs1. The Kier molecular flexibility index (Phi) is 5.15. The van der Waals surface area contributed by atoms with Gasteiger partial charge in [0.05, 0.1) is 12.6 Å². The summed E-state index contributed by atoms with van der Waals surface area (Å²) < 4.78 is 0. The van der Waals surface area contributed by atoms with Crippen LogP contribution in [0.25, 0.3) is 0 Å². The topological polar surface area (TPSA) is 53.6 Å². The Hall–Kier alpha value is -1.85. The smallest absolute Gasteiger partial charge is 0.193 e. The minimum atomic E-state index is 0.256. The third-order valence-electron chi connectivity index (χ3n) is 2.98. The van der Waals surface area contributed by atoms with Crippen molar-refractivity contribution in [2.45, 2.75) is 6.04 Å². The lowest BCUT2D eigenvalue weighted by Crippen LogP contribution is -2.26. The van der Waals surface area contributed by atoms with Gasteiger partial charge in [-0.25, -0.2) is 0 Å². The van der Waals surface area contributed by atoms with Crippen molar-refractivity contribution in [3.63, 3.8) is 0 Å². The lowest BCUT2D eigenvalue weighted by molar-refractivity contribution is 0.311. The van der Waals surface area contributed by atoms with E-state index < -0.39 is 0 Å². The van der Waals surface area contributed by atoms with Crippen molar-refractivity contribution in [3.05, 3.63) is 52.7 Å². The third kappa shape index (κ3) is 4.08. The molecule has 0 unspecified atom stereocenters. The van der Waals surface area contributed by atoms with E-state index in [-0.39, 0.29) is 6.04 Å². The maximum absolute atomic E-state index is 5.93. The van der Waals surface area contributed by atoms with Crippen LogP contribution in [0.3, 0.4) is 0 Å². The number of para-hydroxylation sites is 1. The van der Waals surface area contributed by atoms with E-state index in [0.29, 0.717) is 12.5 Å². The van der Waals surface area contributed by atoms with Gasteiger partial charge in [0, 0.05) is 10.6 Å². The number of thiophene rings is 1. The van der Waals surface area contributed by atoms with E-state index in [1.54, 1.807) is 11.3 Å². The first-order valence-corrected chi connectivity index (χ1v) is 7.36. The highest BCUT2D eigenvalue weighted by Gasteiger charge is 2.14. The van der Waals surface area contributed by atoms with Crippen molar-refractivity contribution in [3.8, 4) is 0 Å². The monoisotopic (exact) mass is 288 g/mol. The Morgan fingerprint density at radius 1 is 1.25 bits per heavy atom. The minimum Gasteiger partial charge on any atom is -0.370 e. The lowest BCUT2D eigenvalue weighted by Gasteiger charge is -2.21. The van der Waals surface area contributed by atoms with Crippen LogP contribution in [-0.4, -0.2) is 31.5 Å². The van der Waals surface area contributed by atoms with Gasteiger partial charge >= 0.3 is 0 Å². The average Bonchev–Trinajstić information content (AvgIpc) is 2.93. The van der Waals surface area contributed by atoms with Gasteiger partial charge in [0.25, 0.3) is 0 Å². The average molecular weight is 288 g/mol. The summed E-state index contributed by atoms with van der Waals surface area (Å²) in [6.45, 7) is 0.638. The van der Waals surface area contributed by atoms with E-state index in [2.05, 4.69) is 46.8 Å². The van der Waals surface area contributed by atoms with E-state index in [1.807, 2.05) is 30.3 Å². The molecule has 1 heterocycles. The molecule has 2 aromatic rings. The van der Waals surface area contributed by atoms with Gasteiger partial charge in [-0.1, -0.05) is 24.3 Å². The number of benzene rings is 1. The molecule has 20 heavy (non-hydrogen) atoms. The largest absolute Gasteiger partial charge is 0.370 e.